The van der Waals surface area contributed by atoms with Crippen LogP contribution in [0, 0.1) is 6.92 Å². The molecule has 200 valence electrons. The van der Waals surface area contributed by atoms with Crippen LogP contribution in [-0.4, -0.2) is 58.2 Å². The molecule has 3 aromatic carbocycles. The summed E-state index contributed by atoms with van der Waals surface area (Å²) in [5, 5.41) is 0. The van der Waals surface area contributed by atoms with E-state index in [2.05, 4.69) is 0 Å². The van der Waals surface area contributed by atoms with Crippen molar-refractivity contribution in [1.29, 1.82) is 0 Å². The number of rotatable bonds is 8. The van der Waals surface area contributed by atoms with Gasteiger partial charge in [-0.05, 0) is 50.2 Å². The lowest BCUT2D eigenvalue weighted by Crippen LogP contribution is -2.61. The molecule has 3 aromatic rings. The third-order valence-electron chi connectivity index (χ3n) is 6.01. The fourth-order valence-electron chi connectivity index (χ4n) is 3.99. The minimum Gasteiger partial charge on any atom is -0.452 e. The molecule has 0 aliphatic carbocycles. The fraction of sp³-hybridized carbons (Fsp3) is 0.286. The summed E-state index contributed by atoms with van der Waals surface area (Å²) in [7, 11) is -2.99. The van der Waals surface area contributed by atoms with Crippen molar-refractivity contribution in [3.05, 3.63) is 102 Å². The van der Waals surface area contributed by atoms with Gasteiger partial charge in [0.2, 0.25) is 0 Å². The van der Waals surface area contributed by atoms with Crippen molar-refractivity contribution in [2.24, 2.45) is 0 Å². The maximum Gasteiger partial charge on any atom is 0.338 e. The Morgan fingerprint density at radius 2 is 1.24 bits per heavy atom. The summed E-state index contributed by atoms with van der Waals surface area (Å²) < 4.78 is 54.7. The third-order valence-corrected chi connectivity index (χ3v) is 7.34. The smallest absolute Gasteiger partial charge is 0.338 e. The van der Waals surface area contributed by atoms with Crippen LogP contribution in [0.15, 0.2) is 89.8 Å². The van der Waals surface area contributed by atoms with E-state index in [1.165, 1.54) is 19.2 Å². The van der Waals surface area contributed by atoms with E-state index >= 15 is 0 Å². The predicted molar refractivity (Wildman–Crippen MR) is 136 cm³/mol. The Kier molecular flexibility index (Phi) is 8.58. The van der Waals surface area contributed by atoms with Crippen molar-refractivity contribution < 1.29 is 41.1 Å². The van der Waals surface area contributed by atoms with Gasteiger partial charge in [0.1, 0.15) is 6.10 Å². The number of hydrogen-bond acceptors (Lipinski definition) is 9. The number of carbonyl (C=O) groups excluding carboxylic acids is 2. The third kappa shape index (κ3) is 6.28. The van der Waals surface area contributed by atoms with E-state index in [0.717, 1.165) is 5.56 Å². The molecule has 1 fully saturated rings. The molecule has 1 heterocycles. The zero-order valence-electron chi connectivity index (χ0n) is 21.1. The van der Waals surface area contributed by atoms with Crippen molar-refractivity contribution in [2.75, 3.05) is 7.11 Å². The molecule has 0 radical (unpaired) electrons. The lowest BCUT2D eigenvalue weighted by Gasteiger charge is -2.43. The van der Waals surface area contributed by atoms with Gasteiger partial charge in [-0.3, -0.25) is 4.18 Å². The molecule has 5 atom stereocenters. The standard InChI is InChI=1S/C28H28O9S/c1-18-14-16-22(17-15-18)38(31,32)37-23-19(2)34-28(33-3)25(36-27(30)21-12-8-5-9-13-21)24(23)35-26(29)20-10-6-4-7-11-20/h4-17,19,23-25,28H,1-3H3/t19-,23-,24+,25-,28+/m1/s1. The molecule has 1 aliphatic heterocycles. The first kappa shape index (κ1) is 27.5. The van der Waals surface area contributed by atoms with Crippen molar-refractivity contribution >= 4 is 22.1 Å². The Balaban J connectivity index is 1.70. The minimum atomic E-state index is -4.32. The highest BCUT2D eigenvalue weighted by Crippen LogP contribution is 2.32. The monoisotopic (exact) mass is 540 g/mol. The van der Waals surface area contributed by atoms with Gasteiger partial charge in [0.15, 0.2) is 18.5 Å². The number of ether oxygens (including phenoxy) is 4. The number of hydrogen-bond donors (Lipinski definition) is 0. The predicted octanol–water partition coefficient (Wildman–Crippen LogP) is 3.91. The molecule has 1 aliphatic rings. The average molecular weight is 541 g/mol. The lowest BCUT2D eigenvalue weighted by atomic mass is 9.99. The second-order valence-corrected chi connectivity index (χ2v) is 10.3. The van der Waals surface area contributed by atoms with Crippen LogP contribution < -0.4 is 0 Å². The molecule has 10 heteroatoms. The maximum atomic E-state index is 13.2. The Morgan fingerprint density at radius 3 is 1.74 bits per heavy atom. The Morgan fingerprint density at radius 1 is 0.737 bits per heavy atom. The molecular weight excluding hydrogens is 512 g/mol. The molecule has 38 heavy (non-hydrogen) atoms. The van der Waals surface area contributed by atoms with Crippen LogP contribution in [0.1, 0.15) is 33.2 Å². The van der Waals surface area contributed by atoms with Gasteiger partial charge in [-0.15, -0.1) is 0 Å². The second-order valence-electron chi connectivity index (χ2n) is 8.75. The van der Waals surface area contributed by atoms with Crippen molar-refractivity contribution in [2.45, 2.75) is 49.4 Å². The van der Waals surface area contributed by atoms with Crippen LogP contribution in [0.25, 0.3) is 0 Å². The summed E-state index contributed by atoms with van der Waals surface area (Å²) in [6.07, 6.45) is -6.22. The van der Waals surface area contributed by atoms with Gasteiger partial charge >= 0.3 is 11.9 Å². The Hall–Kier alpha value is -3.57. The summed E-state index contributed by atoms with van der Waals surface area (Å²) >= 11 is 0. The van der Waals surface area contributed by atoms with Gasteiger partial charge in [-0.2, -0.15) is 8.42 Å². The molecule has 0 amide bonds. The first-order valence-electron chi connectivity index (χ1n) is 11.9. The number of esters is 2. The summed E-state index contributed by atoms with van der Waals surface area (Å²) in [5.41, 5.74) is 1.32. The Labute approximate surface area is 221 Å². The van der Waals surface area contributed by atoms with Crippen molar-refractivity contribution in [3.8, 4) is 0 Å². The van der Waals surface area contributed by atoms with Crippen LogP contribution in [0.2, 0.25) is 0 Å². The fourth-order valence-corrected chi connectivity index (χ4v) is 5.13. The first-order valence-corrected chi connectivity index (χ1v) is 13.3. The molecule has 0 aromatic heterocycles. The van der Waals surface area contributed by atoms with E-state index in [0.29, 0.717) is 0 Å². The molecule has 0 saturated carbocycles. The Bertz CT molecular complexity index is 1340. The van der Waals surface area contributed by atoms with Gasteiger partial charge in [-0.25, -0.2) is 9.59 Å². The lowest BCUT2D eigenvalue weighted by molar-refractivity contribution is -0.279. The summed E-state index contributed by atoms with van der Waals surface area (Å²) in [4.78, 5) is 26.0. The second kappa shape index (κ2) is 11.9. The molecule has 1 saturated heterocycles. The zero-order valence-corrected chi connectivity index (χ0v) is 21.9. The van der Waals surface area contributed by atoms with E-state index in [4.69, 9.17) is 23.1 Å². The number of aryl methyl sites for hydroxylation is 1. The highest BCUT2D eigenvalue weighted by Gasteiger charge is 2.52. The molecular formula is C28H28O9S. The van der Waals surface area contributed by atoms with Gasteiger partial charge < -0.3 is 18.9 Å². The van der Waals surface area contributed by atoms with Gasteiger partial charge in [0.25, 0.3) is 10.1 Å². The van der Waals surface area contributed by atoms with Crippen molar-refractivity contribution in [3.63, 3.8) is 0 Å². The normalized spacial score (nSPS) is 23.4. The quantitative estimate of drug-likeness (QED) is 0.310. The van der Waals surface area contributed by atoms with E-state index in [1.807, 2.05) is 6.92 Å². The van der Waals surface area contributed by atoms with Crippen LogP contribution in [0.3, 0.4) is 0 Å². The highest BCUT2D eigenvalue weighted by molar-refractivity contribution is 7.86. The van der Waals surface area contributed by atoms with Crippen LogP contribution in [0.5, 0.6) is 0 Å². The van der Waals surface area contributed by atoms with E-state index < -0.39 is 52.8 Å². The molecule has 0 spiro atoms. The number of benzene rings is 3. The topological polar surface area (TPSA) is 114 Å². The van der Waals surface area contributed by atoms with E-state index in [1.54, 1.807) is 79.7 Å². The molecule has 0 unspecified atom stereocenters. The number of carbonyl (C=O) groups is 2. The summed E-state index contributed by atoms with van der Waals surface area (Å²) in [6, 6.07) is 22.4. The highest BCUT2D eigenvalue weighted by atomic mass is 32.2. The molecule has 4 rings (SSSR count). The van der Waals surface area contributed by atoms with Crippen LogP contribution >= 0.6 is 0 Å². The van der Waals surface area contributed by atoms with Gasteiger partial charge in [0, 0.05) is 7.11 Å². The van der Waals surface area contributed by atoms with Gasteiger partial charge in [-0.1, -0.05) is 54.1 Å². The average Bonchev–Trinajstić information content (AvgIpc) is 2.93. The number of methoxy groups -OCH3 is 1. The molecule has 0 N–H and O–H groups in total. The minimum absolute atomic E-state index is 0.0878. The first-order chi connectivity index (χ1) is 18.2. The maximum absolute atomic E-state index is 13.2. The summed E-state index contributed by atoms with van der Waals surface area (Å²) in [6.45, 7) is 3.38. The zero-order chi connectivity index (χ0) is 27.3. The largest absolute Gasteiger partial charge is 0.452 e. The SMILES string of the molecule is CO[C@H]1O[C@H](C)[C@@H](OS(=O)(=O)c2ccc(C)cc2)[C@H](OC(=O)c2ccccc2)[C@H]1OC(=O)c1ccccc1. The van der Waals surface area contributed by atoms with Gasteiger partial charge in [0.05, 0.1) is 22.1 Å². The van der Waals surface area contributed by atoms with Crippen LogP contribution in [0.4, 0.5) is 0 Å². The van der Waals surface area contributed by atoms with Crippen molar-refractivity contribution in [1.82, 2.24) is 0 Å². The van der Waals surface area contributed by atoms with E-state index in [9.17, 15) is 18.0 Å². The van der Waals surface area contributed by atoms with E-state index in [-0.39, 0.29) is 16.0 Å². The molecule has 9 nitrogen and oxygen atoms in total. The molecule has 0 bridgehead atoms. The summed E-state index contributed by atoms with van der Waals surface area (Å²) in [5.74, 6) is -1.50. The van der Waals surface area contributed by atoms with Crippen LogP contribution in [-0.2, 0) is 33.2 Å².